The lowest BCUT2D eigenvalue weighted by Crippen LogP contribution is -2.35. The zero-order chi connectivity index (χ0) is 16.4. The molecule has 1 aromatic heterocycles. The van der Waals surface area contributed by atoms with E-state index in [1.54, 1.807) is 11.0 Å². The molecule has 0 atom stereocenters. The quantitative estimate of drug-likeness (QED) is 0.857. The molecule has 0 unspecified atom stereocenters. The Morgan fingerprint density at radius 1 is 1.39 bits per heavy atom. The van der Waals surface area contributed by atoms with E-state index >= 15 is 0 Å². The number of aromatic nitrogens is 2. The van der Waals surface area contributed by atoms with E-state index in [0.29, 0.717) is 29.0 Å². The van der Waals surface area contributed by atoms with E-state index in [4.69, 9.17) is 12.2 Å². The van der Waals surface area contributed by atoms with Crippen LogP contribution in [0, 0.1) is 10.7 Å². The fourth-order valence-electron chi connectivity index (χ4n) is 2.96. The molecule has 6 heteroatoms. The van der Waals surface area contributed by atoms with Crippen molar-refractivity contribution in [2.45, 2.75) is 32.2 Å². The van der Waals surface area contributed by atoms with Crippen molar-refractivity contribution in [1.82, 2.24) is 14.5 Å². The van der Waals surface area contributed by atoms with Gasteiger partial charge in [0.05, 0.1) is 10.9 Å². The number of H-pyrrole nitrogens is 1. The van der Waals surface area contributed by atoms with Gasteiger partial charge in [-0.05, 0) is 43.1 Å². The Hall–Kier alpha value is -1.95. The molecular formula is C17H21N3O2S. The van der Waals surface area contributed by atoms with Crippen molar-refractivity contribution < 1.29 is 4.79 Å². The van der Waals surface area contributed by atoms with Gasteiger partial charge in [-0.3, -0.25) is 14.2 Å². The van der Waals surface area contributed by atoms with Gasteiger partial charge in [0.1, 0.15) is 0 Å². The first-order valence-corrected chi connectivity index (χ1v) is 8.43. The summed E-state index contributed by atoms with van der Waals surface area (Å²) >= 11 is 5.26. The lowest BCUT2D eigenvalue weighted by Gasteiger charge is -2.30. The number of fused-ring (bicyclic) bond motifs is 1. The highest BCUT2D eigenvalue weighted by Gasteiger charge is 2.21. The third kappa shape index (κ3) is 3.37. The Kier molecular flexibility index (Phi) is 4.61. The molecule has 1 amide bonds. The smallest absolute Gasteiger partial charge is 0.262 e. The van der Waals surface area contributed by atoms with E-state index in [0.717, 1.165) is 12.1 Å². The van der Waals surface area contributed by atoms with Gasteiger partial charge < -0.3 is 9.88 Å². The Balaban J connectivity index is 1.72. The van der Waals surface area contributed by atoms with Crippen molar-refractivity contribution >= 4 is 29.0 Å². The van der Waals surface area contributed by atoms with Gasteiger partial charge in [-0.2, -0.15) is 0 Å². The van der Waals surface area contributed by atoms with Crippen LogP contribution in [0.15, 0.2) is 29.1 Å². The summed E-state index contributed by atoms with van der Waals surface area (Å²) < 4.78 is 1.84. The molecule has 1 aliphatic carbocycles. The predicted molar refractivity (Wildman–Crippen MR) is 93.0 cm³/mol. The topological polar surface area (TPSA) is 58.1 Å². The number of rotatable bonds is 5. The molecule has 3 rings (SSSR count). The number of amides is 1. The summed E-state index contributed by atoms with van der Waals surface area (Å²) in [7, 11) is 1.84. The number of hydrogen-bond donors (Lipinski definition) is 1. The number of aromatic amines is 1. The van der Waals surface area contributed by atoms with E-state index in [9.17, 15) is 9.59 Å². The summed E-state index contributed by atoms with van der Waals surface area (Å²) in [6.45, 7) is 1.13. The minimum atomic E-state index is -0.140. The van der Waals surface area contributed by atoms with Crippen LogP contribution < -0.4 is 5.56 Å². The van der Waals surface area contributed by atoms with Crippen molar-refractivity contribution in [1.29, 1.82) is 0 Å². The Bertz CT molecular complexity index is 836. The average molecular weight is 331 g/mol. The van der Waals surface area contributed by atoms with Crippen LogP contribution in [0.4, 0.5) is 0 Å². The standard InChI is InChI=1S/C17H21N3O2S/c1-19(11-12-5-4-6-12)15(21)9-10-20-16(22)13-7-2-3-8-14(13)18-17(20)23/h2-3,7-8,12H,4-6,9-11H2,1H3,(H,18,23). The van der Waals surface area contributed by atoms with E-state index in [2.05, 4.69) is 4.98 Å². The summed E-state index contributed by atoms with van der Waals surface area (Å²) in [6, 6.07) is 7.28. The van der Waals surface area contributed by atoms with Crippen molar-refractivity contribution in [2.24, 2.45) is 5.92 Å². The number of para-hydroxylation sites is 1. The molecule has 1 saturated carbocycles. The average Bonchev–Trinajstić information content (AvgIpc) is 2.50. The molecule has 0 spiro atoms. The zero-order valence-electron chi connectivity index (χ0n) is 13.2. The Labute approximate surface area is 139 Å². The van der Waals surface area contributed by atoms with Gasteiger partial charge in [0, 0.05) is 26.6 Å². The van der Waals surface area contributed by atoms with Crippen LogP contribution in [-0.2, 0) is 11.3 Å². The first-order chi connectivity index (χ1) is 11.1. The molecule has 0 aliphatic heterocycles. The molecule has 23 heavy (non-hydrogen) atoms. The van der Waals surface area contributed by atoms with Gasteiger partial charge in [-0.25, -0.2) is 0 Å². The molecule has 1 N–H and O–H groups in total. The fourth-order valence-corrected chi connectivity index (χ4v) is 3.25. The van der Waals surface area contributed by atoms with Gasteiger partial charge in [0.2, 0.25) is 5.91 Å². The lowest BCUT2D eigenvalue weighted by molar-refractivity contribution is -0.131. The van der Waals surface area contributed by atoms with Crippen LogP contribution in [0.25, 0.3) is 10.9 Å². The Morgan fingerprint density at radius 2 is 2.13 bits per heavy atom. The van der Waals surface area contributed by atoms with E-state index in [1.807, 2.05) is 25.2 Å². The van der Waals surface area contributed by atoms with Crippen LogP contribution >= 0.6 is 12.2 Å². The maximum absolute atomic E-state index is 12.5. The summed E-state index contributed by atoms with van der Waals surface area (Å²) in [6.07, 6.45) is 3.99. The van der Waals surface area contributed by atoms with Crippen LogP contribution in [-0.4, -0.2) is 34.0 Å². The second kappa shape index (κ2) is 6.66. The summed E-state index contributed by atoms with van der Waals surface area (Å²) in [5.41, 5.74) is 0.589. The number of hydrogen-bond acceptors (Lipinski definition) is 3. The molecule has 122 valence electrons. The first kappa shape index (κ1) is 15.9. The van der Waals surface area contributed by atoms with Crippen LogP contribution in [0.3, 0.4) is 0 Å². The molecule has 1 fully saturated rings. The van der Waals surface area contributed by atoms with Gasteiger partial charge in [-0.15, -0.1) is 0 Å². The van der Waals surface area contributed by atoms with Gasteiger partial charge >= 0.3 is 0 Å². The van der Waals surface area contributed by atoms with Crippen molar-refractivity contribution in [3.8, 4) is 0 Å². The van der Waals surface area contributed by atoms with Gasteiger partial charge in [0.25, 0.3) is 5.56 Å². The predicted octanol–water partition coefficient (Wildman–Crippen LogP) is 2.71. The molecule has 0 bridgehead atoms. The van der Waals surface area contributed by atoms with Gasteiger partial charge in [0.15, 0.2) is 4.77 Å². The summed E-state index contributed by atoms with van der Waals surface area (Å²) in [5, 5.41) is 0.594. The van der Waals surface area contributed by atoms with E-state index in [-0.39, 0.29) is 11.5 Å². The molecule has 1 aliphatic rings. The minimum absolute atomic E-state index is 0.0614. The van der Waals surface area contributed by atoms with E-state index < -0.39 is 0 Å². The lowest BCUT2D eigenvalue weighted by atomic mass is 9.85. The maximum atomic E-state index is 12.5. The number of carbonyl (C=O) groups excluding carboxylic acids is 1. The number of benzene rings is 1. The summed E-state index contributed by atoms with van der Waals surface area (Å²) in [5.74, 6) is 0.710. The molecule has 0 saturated heterocycles. The Morgan fingerprint density at radius 3 is 2.83 bits per heavy atom. The van der Waals surface area contributed by atoms with Crippen molar-refractivity contribution in [3.63, 3.8) is 0 Å². The van der Waals surface area contributed by atoms with Crippen LogP contribution in [0.1, 0.15) is 25.7 Å². The molecule has 1 aromatic carbocycles. The zero-order valence-corrected chi connectivity index (χ0v) is 14.1. The van der Waals surface area contributed by atoms with Crippen LogP contribution in [0.2, 0.25) is 0 Å². The molecule has 0 radical (unpaired) electrons. The van der Waals surface area contributed by atoms with E-state index in [1.165, 1.54) is 23.8 Å². The second-order valence-corrected chi connectivity index (χ2v) is 6.64. The van der Waals surface area contributed by atoms with Crippen LogP contribution in [0.5, 0.6) is 0 Å². The summed E-state index contributed by atoms with van der Waals surface area (Å²) in [4.78, 5) is 29.6. The number of nitrogens with zero attached hydrogens (tertiary/aromatic N) is 2. The fraction of sp³-hybridized carbons (Fsp3) is 0.471. The molecule has 1 heterocycles. The highest BCUT2D eigenvalue weighted by molar-refractivity contribution is 7.71. The number of carbonyl (C=O) groups is 1. The highest BCUT2D eigenvalue weighted by Crippen LogP contribution is 2.26. The molecular weight excluding hydrogens is 310 g/mol. The van der Waals surface area contributed by atoms with Gasteiger partial charge in [-0.1, -0.05) is 18.6 Å². The van der Waals surface area contributed by atoms with Crippen molar-refractivity contribution in [3.05, 3.63) is 39.4 Å². The molecule has 2 aromatic rings. The second-order valence-electron chi connectivity index (χ2n) is 6.25. The maximum Gasteiger partial charge on any atom is 0.262 e. The largest absolute Gasteiger partial charge is 0.345 e. The minimum Gasteiger partial charge on any atom is -0.345 e. The highest BCUT2D eigenvalue weighted by atomic mass is 32.1. The monoisotopic (exact) mass is 331 g/mol. The normalized spacial score (nSPS) is 14.7. The molecule has 5 nitrogen and oxygen atoms in total. The SMILES string of the molecule is CN(CC1CCC1)C(=O)CCn1c(=S)[nH]c2ccccc2c1=O. The number of nitrogens with one attached hydrogen (secondary N) is 1. The first-order valence-electron chi connectivity index (χ1n) is 8.02. The third-order valence-corrected chi connectivity index (χ3v) is 4.94. The third-order valence-electron chi connectivity index (χ3n) is 4.62. The van der Waals surface area contributed by atoms with Crippen molar-refractivity contribution in [2.75, 3.05) is 13.6 Å².